The first-order chi connectivity index (χ1) is 16.0. The van der Waals surface area contributed by atoms with Gasteiger partial charge in [0.25, 0.3) is 0 Å². The molecular formula is C29H28N2O2. The minimum absolute atomic E-state index is 0.0922. The maximum atomic E-state index is 11.7. The van der Waals surface area contributed by atoms with E-state index in [1.165, 1.54) is 34.7 Å². The largest absolute Gasteiger partial charge is 0.489 e. The van der Waals surface area contributed by atoms with Crippen LogP contribution in [0.4, 0.5) is 5.69 Å². The van der Waals surface area contributed by atoms with Crippen LogP contribution in [0.1, 0.15) is 34.7 Å². The lowest BCUT2D eigenvalue weighted by atomic mass is 9.96. The van der Waals surface area contributed by atoms with Crippen molar-refractivity contribution in [1.29, 1.82) is 0 Å². The molecule has 33 heavy (non-hydrogen) atoms. The third-order valence-corrected chi connectivity index (χ3v) is 5.56. The van der Waals surface area contributed by atoms with Crippen molar-refractivity contribution in [1.82, 2.24) is 4.98 Å². The summed E-state index contributed by atoms with van der Waals surface area (Å²) in [4.78, 5) is 15.8. The monoisotopic (exact) mass is 436 g/mol. The van der Waals surface area contributed by atoms with E-state index in [0.717, 1.165) is 22.6 Å². The van der Waals surface area contributed by atoms with Gasteiger partial charge >= 0.3 is 0 Å². The number of nitrogens with one attached hydrogen (secondary N) is 1. The van der Waals surface area contributed by atoms with Crippen LogP contribution < -0.4 is 10.1 Å². The van der Waals surface area contributed by atoms with Gasteiger partial charge in [0.1, 0.15) is 12.4 Å². The number of carbonyl (C=O) groups is 1. The van der Waals surface area contributed by atoms with Crippen LogP contribution in [-0.2, 0) is 17.8 Å². The molecule has 0 radical (unpaired) electrons. The predicted octanol–water partition coefficient (Wildman–Crippen LogP) is 6.49. The molecule has 1 aromatic heterocycles. The van der Waals surface area contributed by atoms with Gasteiger partial charge in [0, 0.05) is 30.6 Å². The summed E-state index contributed by atoms with van der Waals surface area (Å²) in [5.41, 5.74) is 8.97. The summed E-state index contributed by atoms with van der Waals surface area (Å²) in [5.74, 6) is 0.667. The van der Waals surface area contributed by atoms with Crippen LogP contribution in [-0.4, -0.2) is 10.9 Å². The van der Waals surface area contributed by atoms with Crippen molar-refractivity contribution in [2.24, 2.45) is 0 Å². The Morgan fingerprint density at radius 2 is 1.76 bits per heavy atom. The lowest BCUT2D eigenvalue weighted by molar-refractivity contribution is -0.114. The first-order valence-electron chi connectivity index (χ1n) is 11.1. The summed E-state index contributed by atoms with van der Waals surface area (Å²) >= 11 is 0. The standard InChI is InChI=1S/C29H28N2O2/c1-20-6-12-28(21(2)15-20)25-9-7-23(8-10-25)16-26-17-27(11-13-29(26)31-22(3)32)33-19-24-5-4-14-30-18-24/h4-15,17-18H,16,19H2,1-3H3,(H,31,32). The number of ether oxygens (including phenoxy) is 1. The second kappa shape index (κ2) is 10.1. The van der Waals surface area contributed by atoms with E-state index < -0.39 is 0 Å². The number of anilines is 1. The molecule has 0 fully saturated rings. The zero-order valence-electron chi connectivity index (χ0n) is 19.3. The van der Waals surface area contributed by atoms with Crippen molar-refractivity contribution >= 4 is 11.6 Å². The molecule has 0 aliphatic carbocycles. The van der Waals surface area contributed by atoms with Crippen molar-refractivity contribution < 1.29 is 9.53 Å². The predicted molar refractivity (Wildman–Crippen MR) is 133 cm³/mol. The molecule has 4 nitrogen and oxygen atoms in total. The minimum Gasteiger partial charge on any atom is -0.489 e. The average Bonchev–Trinajstić information content (AvgIpc) is 2.80. The fourth-order valence-electron chi connectivity index (χ4n) is 3.93. The third-order valence-electron chi connectivity index (χ3n) is 5.56. The molecule has 1 N–H and O–H groups in total. The molecule has 4 aromatic rings. The molecule has 0 aliphatic rings. The first kappa shape index (κ1) is 22.3. The van der Waals surface area contributed by atoms with Crippen LogP contribution in [0.25, 0.3) is 11.1 Å². The molecule has 0 bridgehead atoms. The maximum absolute atomic E-state index is 11.7. The topological polar surface area (TPSA) is 51.2 Å². The highest BCUT2D eigenvalue weighted by Crippen LogP contribution is 2.28. The number of aryl methyl sites for hydroxylation is 2. The van der Waals surface area contributed by atoms with E-state index in [1.807, 2.05) is 30.3 Å². The molecular weight excluding hydrogens is 408 g/mol. The normalized spacial score (nSPS) is 10.6. The summed E-state index contributed by atoms with van der Waals surface area (Å²) in [6.07, 6.45) is 4.23. The zero-order chi connectivity index (χ0) is 23.2. The number of hydrogen-bond donors (Lipinski definition) is 1. The molecule has 0 aliphatic heterocycles. The van der Waals surface area contributed by atoms with Crippen LogP contribution in [0, 0.1) is 13.8 Å². The number of pyridine rings is 1. The Balaban J connectivity index is 1.55. The molecule has 0 unspecified atom stereocenters. The Hall–Kier alpha value is -3.92. The van der Waals surface area contributed by atoms with E-state index in [4.69, 9.17) is 4.74 Å². The number of carbonyl (C=O) groups excluding carboxylic acids is 1. The van der Waals surface area contributed by atoms with Gasteiger partial charge < -0.3 is 10.1 Å². The van der Waals surface area contributed by atoms with E-state index in [2.05, 4.69) is 66.6 Å². The van der Waals surface area contributed by atoms with Gasteiger partial charge in [-0.1, -0.05) is 54.1 Å². The van der Waals surface area contributed by atoms with E-state index in [0.29, 0.717) is 13.0 Å². The Labute approximate surface area is 195 Å². The summed E-state index contributed by atoms with van der Waals surface area (Å²) < 4.78 is 5.98. The lowest BCUT2D eigenvalue weighted by Crippen LogP contribution is -2.09. The second-order valence-electron chi connectivity index (χ2n) is 8.34. The molecule has 0 atom stereocenters. The van der Waals surface area contributed by atoms with Gasteiger partial charge in [-0.15, -0.1) is 0 Å². The molecule has 1 amide bonds. The third kappa shape index (κ3) is 5.86. The molecule has 3 aromatic carbocycles. The molecule has 4 rings (SSSR count). The number of benzene rings is 3. The smallest absolute Gasteiger partial charge is 0.221 e. The van der Waals surface area contributed by atoms with Gasteiger partial charge in [-0.05, 0) is 72.4 Å². The summed E-state index contributed by atoms with van der Waals surface area (Å²) in [6, 6.07) is 24.8. The SMILES string of the molecule is CC(=O)Nc1ccc(OCc2cccnc2)cc1Cc1ccc(-c2ccc(C)cc2C)cc1. The van der Waals surface area contributed by atoms with Gasteiger partial charge in [0.15, 0.2) is 0 Å². The highest BCUT2D eigenvalue weighted by atomic mass is 16.5. The molecule has 0 spiro atoms. The van der Waals surface area contributed by atoms with Crippen LogP contribution >= 0.6 is 0 Å². The second-order valence-corrected chi connectivity index (χ2v) is 8.34. The average molecular weight is 437 g/mol. The number of amides is 1. The van der Waals surface area contributed by atoms with E-state index >= 15 is 0 Å². The molecule has 0 saturated carbocycles. The van der Waals surface area contributed by atoms with Gasteiger partial charge in [0.05, 0.1) is 0 Å². The van der Waals surface area contributed by atoms with Crippen molar-refractivity contribution in [2.45, 2.75) is 33.8 Å². The summed E-state index contributed by atoms with van der Waals surface area (Å²) in [6.45, 7) is 6.22. The van der Waals surface area contributed by atoms with E-state index in [-0.39, 0.29) is 5.91 Å². The van der Waals surface area contributed by atoms with Crippen LogP contribution in [0.2, 0.25) is 0 Å². The van der Waals surface area contributed by atoms with Crippen molar-refractivity contribution in [2.75, 3.05) is 5.32 Å². The number of aromatic nitrogens is 1. The Morgan fingerprint density at radius 1 is 0.939 bits per heavy atom. The number of nitrogens with zero attached hydrogens (tertiary/aromatic N) is 1. The number of hydrogen-bond acceptors (Lipinski definition) is 3. The Bertz CT molecular complexity index is 1250. The zero-order valence-corrected chi connectivity index (χ0v) is 19.3. The van der Waals surface area contributed by atoms with E-state index in [1.54, 1.807) is 12.4 Å². The lowest BCUT2D eigenvalue weighted by Gasteiger charge is -2.14. The minimum atomic E-state index is -0.0922. The summed E-state index contributed by atoms with van der Waals surface area (Å²) in [7, 11) is 0. The molecule has 166 valence electrons. The van der Waals surface area contributed by atoms with Crippen LogP contribution in [0.5, 0.6) is 5.75 Å². The maximum Gasteiger partial charge on any atom is 0.221 e. The van der Waals surface area contributed by atoms with Crippen molar-refractivity contribution in [3.63, 3.8) is 0 Å². The summed E-state index contributed by atoms with van der Waals surface area (Å²) in [5, 5.41) is 2.94. The van der Waals surface area contributed by atoms with Crippen LogP contribution in [0.15, 0.2) is 85.2 Å². The van der Waals surface area contributed by atoms with Crippen molar-refractivity contribution in [3.05, 3.63) is 113 Å². The highest BCUT2D eigenvalue weighted by molar-refractivity contribution is 5.89. The fourth-order valence-corrected chi connectivity index (χ4v) is 3.93. The Kier molecular flexibility index (Phi) is 6.84. The van der Waals surface area contributed by atoms with Crippen LogP contribution in [0.3, 0.4) is 0 Å². The molecule has 0 saturated heterocycles. The quantitative estimate of drug-likeness (QED) is 0.360. The first-order valence-corrected chi connectivity index (χ1v) is 11.1. The van der Waals surface area contributed by atoms with Gasteiger partial charge in [0.2, 0.25) is 5.91 Å². The highest BCUT2D eigenvalue weighted by Gasteiger charge is 2.09. The molecule has 4 heteroatoms. The molecule has 1 heterocycles. The Morgan fingerprint density at radius 3 is 2.45 bits per heavy atom. The van der Waals surface area contributed by atoms with Gasteiger partial charge in [-0.2, -0.15) is 0 Å². The fraction of sp³-hybridized carbons (Fsp3) is 0.172. The van der Waals surface area contributed by atoms with Crippen molar-refractivity contribution in [3.8, 4) is 16.9 Å². The van der Waals surface area contributed by atoms with E-state index in [9.17, 15) is 4.79 Å². The van der Waals surface area contributed by atoms with Gasteiger partial charge in [-0.25, -0.2) is 0 Å². The number of rotatable bonds is 7. The van der Waals surface area contributed by atoms with Gasteiger partial charge in [-0.3, -0.25) is 9.78 Å².